The van der Waals surface area contributed by atoms with Crippen LogP contribution in [0.4, 0.5) is 4.79 Å². The number of carbonyl (C=O) groups excluding carboxylic acids is 1. The van der Waals surface area contributed by atoms with E-state index in [1.54, 1.807) is 40.1 Å². The van der Waals surface area contributed by atoms with E-state index in [2.05, 4.69) is 36.3 Å². The first-order chi connectivity index (χ1) is 10.3. The average Bonchev–Trinajstić information content (AvgIpc) is 2.45. The number of amidine groups is 2. The van der Waals surface area contributed by atoms with Crippen LogP contribution in [0, 0.1) is 0 Å². The maximum Gasteiger partial charge on any atom is 0.407 e. The van der Waals surface area contributed by atoms with Gasteiger partial charge in [0.2, 0.25) is 5.84 Å². The number of hydrogen-bond donors (Lipinski definition) is 3. The molecule has 0 atom stereocenters. The number of nitrogens with one attached hydrogen (secondary N) is 3. The standard InChI is InChI=1S/C13H19N7O2/c1-8-17-19-11(20-18-8)10-14-5-9(6-15-10)7-16-12(21)22-13(2,3)4/h5-6H,7H2,1-4H3,(H,16,21)(H,17,18)(H,19,20). The van der Waals surface area contributed by atoms with Crippen LogP contribution in [0.25, 0.3) is 0 Å². The average molecular weight is 305 g/mol. The molecule has 0 saturated heterocycles. The molecule has 118 valence electrons. The highest BCUT2D eigenvalue weighted by Gasteiger charge is 2.16. The van der Waals surface area contributed by atoms with Crippen molar-refractivity contribution >= 4 is 17.8 Å². The van der Waals surface area contributed by atoms with Crippen molar-refractivity contribution in [2.75, 3.05) is 0 Å². The van der Waals surface area contributed by atoms with Gasteiger partial charge in [0.05, 0.1) is 0 Å². The van der Waals surface area contributed by atoms with Gasteiger partial charge in [0.1, 0.15) is 11.4 Å². The van der Waals surface area contributed by atoms with E-state index in [9.17, 15) is 4.79 Å². The summed E-state index contributed by atoms with van der Waals surface area (Å²) < 4.78 is 5.15. The number of rotatable bonds is 3. The van der Waals surface area contributed by atoms with Crippen LogP contribution in [0.1, 0.15) is 39.1 Å². The number of amides is 1. The zero-order chi connectivity index (χ0) is 16.2. The number of nitrogens with zero attached hydrogens (tertiary/aromatic N) is 4. The van der Waals surface area contributed by atoms with E-state index < -0.39 is 11.7 Å². The molecule has 0 saturated carbocycles. The van der Waals surface area contributed by atoms with Crippen molar-refractivity contribution in [1.82, 2.24) is 26.1 Å². The zero-order valence-corrected chi connectivity index (χ0v) is 13.0. The molecule has 0 radical (unpaired) electrons. The summed E-state index contributed by atoms with van der Waals surface area (Å²) in [5.74, 6) is 1.49. The Bertz CT molecular complexity index is 602. The number of hydrazone groups is 2. The second kappa shape index (κ2) is 6.37. The highest BCUT2D eigenvalue weighted by molar-refractivity contribution is 5.98. The molecule has 1 aliphatic rings. The fraction of sp³-hybridized carbons (Fsp3) is 0.462. The van der Waals surface area contributed by atoms with E-state index in [1.165, 1.54) is 0 Å². The van der Waals surface area contributed by atoms with Crippen LogP contribution in [0.5, 0.6) is 0 Å². The summed E-state index contributed by atoms with van der Waals surface area (Å²) in [6, 6.07) is 0. The minimum atomic E-state index is -0.527. The van der Waals surface area contributed by atoms with Gasteiger partial charge in [-0.05, 0) is 27.7 Å². The third kappa shape index (κ3) is 4.69. The predicted octanol–water partition coefficient (Wildman–Crippen LogP) is 0.689. The fourth-order valence-corrected chi connectivity index (χ4v) is 1.48. The van der Waals surface area contributed by atoms with Gasteiger partial charge in [-0.2, -0.15) is 10.2 Å². The van der Waals surface area contributed by atoms with Crippen LogP contribution in [-0.2, 0) is 11.3 Å². The van der Waals surface area contributed by atoms with E-state index in [4.69, 9.17) is 4.74 Å². The van der Waals surface area contributed by atoms with Gasteiger partial charge in [-0.25, -0.2) is 14.8 Å². The predicted molar refractivity (Wildman–Crippen MR) is 81.0 cm³/mol. The molecule has 2 heterocycles. The maximum atomic E-state index is 11.6. The van der Waals surface area contributed by atoms with Gasteiger partial charge >= 0.3 is 6.09 Å². The smallest absolute Gasteiger partial charge is 0.407 e. The molecule has 0 fully saturated rings. The summed E-state index contributed by atoms with van der Waals surface area (Å²) in [7, 11) is 0. The number of carbonyl (C=O) groups is 1. The number of ether oxygens (including phenoxy) is 1. The molecule has 1 amide bonds. The Kier molecular flexibility index (Phi) is 4.54. The third-order valence-electron chi connectivity index (χ3n) is 2.41. The lowest BCUT2D eigenvalue weighted by atomic mass is 10.2. The lowest BCUT2D eigenvalue weighted by molar-refractivity contribution is 0.0523. The van der Waals surface area contributed by atoms with Crippen LogP contribution in [-0.4, -0.2) is 33.3 Å². The van der Waals surface area contributed by atoms with Crippen LogP contribution >= 0.6 is 0 Å². The Balaban J connectivity index is 1.89. The van der Waals surface area contributed by atoms with E-state index in [0.29, 0.717) is 17.5 Å². The summed E-state index contributed by atoms with van der Waals surface area (Å²) in [5.41, 5.74) is 5.69. The van der Waals surface area contributed by atoms with E-state index in [0.717, 1.165) is 5.56 Å². The first-order valence-electron chi connectivity index (χ1n) is 6.75. The molecule has 0 aromatic carbocycles. The van der Waals surface area contributed by atoms with Gasteiger partial charge in [-0.1, -0.05) is 0 Å². The zero-order valence-electron chi connectivity index (χ0n) is 13.0. The van der Waals surface area contributed by atoms with Crippen molar-refractivity contribution in [2.45, 2.75) is 39.8 Å². The Morgan fingerprint density at radius 3 is 2.45 bits per heavy atom. The molecular weight excluding hydrogens is 286 g/mol. The lowest BCUT2D eigenvalue weighted by Gasteiger charge is -2.19. The van der Waals surface area contributed by atoms with Gasteiger partial charge in [0, 0.05) is 24.5 Å². The molecule has 1 aromatic rings. The normalized spacial score (nSPS) is 14.2. The van der Waals surface area contributed by atoms with Gasteiger partial charge in [0.15, 0.2) is 5.82 Å². The molecule has 9 heteroatoms. The second-order valence-electron chi connectivity index (χ2n) is 5.65. The first kappa shape index (κ1) is 15.7. The Morgan fingerprint density at radius 1 is 1.23 bits per heavy atom. The maximum absolute atomic E-state index is 11.6. The highest BCUT2D eigenvalue weighted by Crippen LogP contribution is 2.07. The van der Waals surface area contributed by atoms with Crippen molar-refractivity contribution in [1.29, 1.82) is 0 Å². The highest BCUT2D eigenvalue weighted by atomic mass is 16.6. The molecule has 3 N–H and O–H groups in total. The minimum Gasteiger partial charge on any atom is -0.444 e. The van der Waals surface area contributed by atoms with E-state index in [-0.39, 0.29) is 6.54 Å². The Hall–Kier alpha value is -2.71. The van der Waals surface area contributed by atoms with Crippen molar-refractivity contribution < 1.29 is 9.53 Å². The fourth-order valence-electron chi connectivity index (χ4n) is 1.48. The minimum absolute atomic E-state index is 0.282. The van der Waals surface area contributed by atoms with E-state index >= 15 is 0 Å². The summed E-state index contributed by atoms with van der Waals surface area (Å²) in [6.07, 6.45) is 2.73. The third-order valence-corrected chi connectivity index (χ3v) is 2.41. The Labute approximate surface area is 128 Å². The second-order valence-corrected chi connectivity index (χ2v) is 5.65. The van der Waals surface area contributed by atoms with Crippen molar-refractivity contribution in [3.8, 4) is 0 Å². The summed E-state index contributed by atoms with van der Waals surface area (Å²) in [5, 5.41) is 10.6. The van der Waals surface area contributed by atoms with Gasteiger partial charge in [0.25, 0.3) is 0 Å². The quantitative estimate of drug-likeness (QED) is 0.757. The molecular formula is C13H19N7O2. The molecule has 0 spiro atoms. The lowest BCUT2D eigenvalue weighted by Crippen LogP contribution is -2.34. The van der Waals surface area contributed by atoms with Gasteiger partial charge in [-0.15, -0.1) is 0 Å². The molecule has 1 aliphatic heterocycles. The number of hydrogen-bond acceptors (Lipinski definition) is 8. The van der Waals surface area contributed by atoms with E-state index in [1.807, 2.05) is 0 Å². The SMILES string of the molecule is CC1=NNC(c2ncc(CNC(=O)OC(C)(C)C)cn2)=NN1. The number of aromatic nitrogens is 2. The first-order valence-corrected chi connectivity index (χ1v) is 6.75. The molecule has 22 heavy (non-hydrogen) atoms. The van der Waals surface area contributed by atoms with Crippen LogP contribution in [0.2, 0.25) is 0 Å². The molecule has 0 aliphatic carbocycles. The molecule has 9 nitrogen and oxygen atoms in total. The largest absolute Gasteiger partial charge is 0.444 e. The van der Waals surface area contributed by atoms with Gasteiger partial charge < -0.3 is 10.1 Å². The van der Waals surface area contributed by atoms with Crippen LogP contribution < -0.4 is 16.2 Å². The monoisotopic (exact) mass is 305 g/mol. The molecule has 1 aromatic heterocycles. The Morgan fingerprint density at radius 2 is 1.91 bits per heavy atom. The van der Waals surface area contributed by atoms with Crippen molar-refractivity contribution in [2.24, 2.45) is 10.2 Å². The topological polar surface area (TPSA) is 113 Å². The molecule has 2 rings (SSSR count). The van der Waals surface area contributed by atoms with Crippen LogP contribution in [0.3, 0.4) is 0 Å². The summed E-state index contributed by atoms with van der Waals surface area (Å²) in [4.78, 5) is 19.9. The van der Waals surface area contributed by atoms with Crippen molar-refractivity contribution in [3.05, 3.63) is 23.8 Å². The molecule has 0 bridgehead atoms. The van der Waals surface area contributed by atoms with Gasteiger partial charge in [-0.3, -0.25) is 10.9 Å². The van der Waals surface area contributed by atoms with Crippen LogP contribution in [0.15, 0.2) is 22.6 Å². The van der Waals surface area contributed by atoms with Crippen molar-refractivity contribution in [3.63, 3.8) is 0 Å². The number of alkyl carbamates (subject to hydrolysis) is 1. The summed E-state index contributed by atoms with van der Waals surface area (Å²) in [6.45, 7) is 7.48. The summed E-state index contributed by atoms with van der Waals surface area (Å²) >= 11 is 0. The molecule has 0 unspecified atom stereocenters.